The molecule has 98 valence electrons. The van der Waals surface area contributed by atoms with Gasteiger partial charge < -0.3 is 10.7 Å². The van der Waals surface area contributed by atoms with Gasteiger partial charge in [-0.3, -0.25) is 9.59 Å². The lowest BCUT2D eigenvalue weighted by molar-refractivity contribution is 0.102. The molecule has 0 aliphatic heterocycles. The van der Waals surface area contributed by atoms with E-state index in [1.54, 1.807) is 0 Å². The van der Waals surface area contributed by atoms with Crippen molar-refractivity contribution in [3.8, 4) is 0 Å². The standard InChI is InChI=1S/C10H9ClN6O2/c11-6-3-5(4-8(13-6)15-12)10(19)14-7-1-2-9(18)17-16-7/h1-4H,12H2,(H,13,15)(H,17,18)(H,14,16,19). The molecule has 0 saturated carbocycles. The Labute approximate surface area is 112 Å². The quantitative estimate of drug-likeness (QED) is 0.365. The van der Waals surface area contributed by atoms with Gasteiger partial charge in [-0.15, -0.1) is 0 Å². The number of nitrogens with zero attached hydrogens (tertiary/aromatic N) is 2. The fraction of sp³-hybridized carbons (Fsp3) is 0. The highest BCUT2D eigenvalue weighted by Crippen LogP contribution is 2.14. The maximum atomic E-state index is 11.9. The third kappa shape index (κ3) is 3.27. The summed E-state index contributed by atoms with van der Waals surface area (Å²) in [6.45, 7) is 0. The van der Waals surface area contributed by atoms with Gasteiger partial charge in [0.2, 0.25) is 0 Å². The van der Waals surface area contributed by atoms with Gasteiger partial charge in [-0.1, -0.05) is 11.6 Å². The Kier molecular flexibility index (Phi) is 3.74. The number of hydrogen-bond donors (Lipinski definition) is 4. The third-order valence-corrected chi connectivity index (χ3v) is 2.32. The van der Waals surface area contributed by atoms with Crippen molar-refractivity contribution in [3.05, 3.63) is 45.3 Å². The van der Waals surface area contributed by atoms with E-state index in [1.165, 1.54) is 24.3 Å². The minimum atomic E-state index is -0.458. The van der Waals surface area contributed by atoms with Crippen LogP contribution in [0.3, 0.4) is 0 Å². The second-order valence-electron chi connectivity index (χ2n) is 3.47. The first-order valence-electron chi connectivity index (χ1n) is 5.10. The predicted octanol–water partition coefficient (Wildman–Crippen LogP) is 0.356. The van der Waals surface area contributed by atoms with E-state index in [4.69, 9.17) is 17.4 Å². The maximum Gasteiger partial charge on any atom is 0.264 e. The Balaban J connectivity index is 2.22. The van der Waals surface area contributed by atoms with Crippen LogP contribution in [0.5, 0.6) is 0 Å². The van der Waals surface area contributed by atoms with Crippen molar-refractivity contribution < 1.29 is 4.79 Å². The number of nitrogens with one attached hydrogen (secondary N) is 3. The first-order valence-corrected chi connectivity index (χ1v) is 5.47. The lowest BCUT2D eigenvalue weighted by Gasteiger charge is -2.06. The molecule has 5 N–H and O–H groups in total. The molecule has 2 aromatic rings. The molecule has 0 spiro atoms. The predicted molar refractivity (Wildman–Crippen MR) is 69.9 cm³/mol. The molecule has 1 amide bonds. The van der Waals surface area contributed by atoms with Gasteiger partial charge in [0.15, 0.2) is 5.82 Å². The van der Waals surface area contributed by atoms with E-state index in [1.807, 2.05) is 0 Å². The summed E-state index contributed by atoms with van der Waals surface area (Å²) in [5, 5.41) is 8.46. The number of carbonyl (C=O) groups excluding carboxylic acids is 1. The Bertz CT molecular complexity index is 651. The van der Waals surface area contributed by atoms with Crippen LogP contribution < -0.4 is 22.1 Å². The van der Waals surface area contributed by atoms with Gasteiger partial charge in [0.1, 0.15) is 11.0 Å². The minimum Gasteiger partial charge on any atom is -0.308 e. The number of nitrogen functional groups attached to an aromatic ring is 1. The summed E-state index contributed by atoms with van der Waals surface area (Å²) in [6.07, 6.45) is 0. The third-order valence-electron chi connectivity index (χ3n) is 2.12. The molecule has 9 heteroatoms. The molecule has 19 heavy (non-hydrogen) atoms. The number of hydrazine groups is 1. The second-order valence-corrected chi connectivity index (χ2v) is 3.86. The van der Waals surface area contributed by atoms with E-state index in [-0.39, 0.29) is 27.9 Å². The van der Waals surface area contributed by atoms with E-state index >= 15 is 0 Å². The van der Waals surface area contributed by atoms with Crippen LogP contribution in [0.25, 0.3) is 0 Å². The Morgan fingerprint density at radius 2 is 2.11 bits per heavy atom. The first kappa shape index (κ1) is 13.0. The van der Waals surface area contributed by atoms with Crippen molar-refractivity contribution in [1.29, 1.82) is 0 Å². The van der Waals surface area contributed by atoms with E-state index in [9.17, 15) is 9.59 Å². The number of nitrogens with two attached hydrogens (primary N) is 1. The summed E-state index contributed by atoms with van der Waals surface area (Å²) < 4.78 is 0. The fourth-order valence-electron chi connectivity index (χ4n) is 1.30. The van der Waals surface area contributed by atoms with Crippen LogP contribution in [0.15, 0.2) is 29.1 Å². The van der Waals surface area contributed by atoms with Crippen LogP contribution in [0.1, 0.15) is 10.4 Å². The maximum absolute atomic E-state index is 11.9. The summed E-state index contributed by atoms with van der Waals surface area (Å²) >= 11 is 5.75. The molecule has 0 saturated heterocycles. The lowest BCUT2D eigenvalue weighted by Crippen LogP contribution is -2.17. The fourth-order valence-corrected chi connectivity index (χ4v) is 1.51. The zero-order chi connectivity index (χ0) is 13.8. The van der Waals surface area contributed by atoms with E-state index < -0.39 is 5.91 Å². The number of aromatic amines is 1. The molecule has 2 aromatic heterocycles. The molecule has 0 aromatic carbocycles. The summed E-state index contributed by atoms with van der Waals surface area (Å²) in [7, 11) is 0. The van der Waals surface area contributed by atoms with Gasteiger partial charge in [-0.2, -0.15) is 5.10 Å². The van der Waals surface area contributed by atoms with Crippen LogP contribution in [-0.4, -0.2) is 21.1 Å². The lowest BCUT2D eigenvalue weighted by atomic mass is 10.2. The van der Waals surface area contributed by atoms with Crippen LogP contribution in [-0.2, 0) is 0 Å². The van der Waals surface area contributed by atoms with E-state index in [0.717, 1.165) is 0 Å². The van der Waals surface area contributed by atoms with Crippen molar-refractivity contribution in [1.82, 2.24) is 15.2 Å². The van der Waals surface area contributed by atoms with Gasteiger partial charge in [-0.25, -0.2) is 15.9 Å². The number of rotatable bonds is 3. The average molecular weight is 281 g/mol. The van der Waals surface area contributed by atoms with Crippen molar-refractivity contribution >= 4 is 29.1 Å². The molecule has 8 nitrogen and oxygen atoms in total. The van der Waals surface area contributed by atoms with Gasteiger partial charge in [-0.05, 0) is 18.2 Å². The monoisotopic (exact) mass is 280 g/mol. The Hall–Kier alpha value is -2.45. The number of halogens is 1. The van der Waals surface area contributed by atoms with E-state index in [2.05, 4.69) is 25.9 Å². The second kappa shape index (κ2) is 5.46. The zero-order valence-corrected chi connectivity index (χ0v) is 10.2. The van der Waals surface area contributed by atoms with Crippen molar-refractivity contribution in [2.45, 2.75) is 0 Å². The number of aromatic nitrogens is 3. The molecular weight excluding hydrogens is 272 g/mol. The Morgan fingerprint density at radius 3 is 2.74 bits per heavy atom. The van der Waals surface area contributed by atoms with Crippen molar-refractivity contribution in [2.75, 3.05) is 10.7 Å². The van der Waals surface area contributed by atoms with E-state index in [0.29, 0.717) is 0 Å². The average Bonchev–Trinajstić information content (AvgIpc) is 2.40. The zero-order valence-electron chi connectivity index (χ0n) is 9.48. The molecule has 0 unspecified atom stereocenters. The highest BCUT2D eigenvalue weighted by Gasteiger charge is 2.10. The molecule has 2 heterocycles. The number of H-pyrrole nitrogens is 1. The highest BCUT2D eigenvalue weighted by atomic mass is 35.5. The van der Waals surface area contributed by atoms with Crippen molar-refractivity contribution in [2.24, 2.45) is 5.84 Å². The Morgan fingerprint density at radius 1 is 1.32 bits per heavy atom. The summed E-state index contributed by atoms with van der Waals surface area (Å²) in [4.78, 5) is 26.6. The summed E-state index contributed by atoms with van der Waals surface area (Å²) in [5.74, 6) is 5.21. The number of carbonyl (C=O) groups is 1. The molecule has 0 aliphatic carbocycles. The smallest absolute Gasteiger partial charge is 0.264 e. The van der Waals surface area contributed by atoms with Crippen LogP contribution in [0.2, 0.25) is 5.15 Å². The van der Waals surface area contributed by atoms with Crippen LogP contribution >= 0.6 is 11.6 Å². The SMILES string of the molecule is NNc1cc(C(=O)Nc2ccc(=O)[nH]n2)cc(Cl)n1. The molecule has 0 radical (unpaired) electrons. The molecule has 0 bridgehead atoms. The van der Waals surface area contributed by atoms with Gasteiger partial charge >= 0.3 is 0 Å². The molecule has 0 atom stereocenters. The number of amides is 1. The van der Waals surface area contributed by atoms with Crippen LogP contribution in [0.4, 0.5) is 11.6 Å². The minimum absolute atomic E-state index is 0.120. The van der Waals surface area contributed by atoms with Crippen molar-refractivity contribution in [3.63, 3.8) is 0 Å². The molecule has 2 rings (SSSR count). The highest BCUT2D eigenvalue weighted by molar-refractivity contribution is 6.30. The van der Waals surface area contributed by atoms with Crippen LogP contribution in [0, 0.1) is 0 Å². The largest absolute Gasteiger partial charge is 0.308 e. The number of pyridine rings is 1. The van der Waals surface area contributed by atoms with Gasteiger partial charge in [0.05, 0.1) is 0 Å². The normalized spacial score (nSPS) is 10.0. The summed E-state index contributed by atoms with van der Waals surface area (Å²) in [5.41, 5.74) is 2.19. The first-order chi connectivity index (χ1) is 9.08. The van der Waals surface area contributed by atoms with Gasteiger partial charge in [0.25, 0.3) is 11.5 Å². The number of anilines is 2. The molecule has 0 aliphatic rings. The number of hydrogen-bond acceptors (Lipinski definition) is 6. The summed E-state index contributed by atoms with van der Waals surface area (Å²) in [6, 6.07) is 5.42. The topological polar surface area (TPSA) is 126 Å². The molecule has 0 fully saturated rings. The molecular formula is C10H9ClN6O2. The van der Waals surface area contributed by atoms with Gasteiger partial charge in [0, 0.05) is 11.6 Å².